The van der Waals surface area contributed by atoms with Crippen LogP contribution in [0.1, 0.15) is 0 Å². The van der Waals surface area contributed by atoms with Gasteiger partial charge in [0.1, 0.15) is 0 Å². The summed E-state index contributed by atoms with van der Waals surface area (Å²) in [6, 6.07) is 0. The van der Waals surface area contributed by atoms with Crippen molar-refractivity contribution < 1.29 is 75.3 Å². The molecule has 0 heterocycles. The molecule has 0 radical (unpaired) electrons. The van der Waals surface area contributed by atoms with E-state index in [-0.39, 0.29) is 17.4 Å². The Morgan fingerprint density at radius 1 is 0.632 bits per heavy atom. The fourth-order valence-corrected chi connectivity index (χ4v) is 0.0913. The molecule has 0 atom stereocenters. The third-order valence-corrected chi connectivity index (χ3v) is 0.316. The van der Waals surface area contributed by atoms with Gasteiger partial charge >= 0.3 is 17.4 Å². The van der Waals surface area contributed by atoms with Crippen LogP contribution in [-0.4, -0.2) is 51.6 Å². The molecular weight excluding hydrogens is 303 g/mol. The summed E-state index contributed by atoms with van der Waals surface area (Å²) in [4.78, 5) is 35.7. The molecule has 0 fully saturated rings. The molecule has 0 amide bonds. The molecule has 0 spiro atoms. The van der Waals surface area contributed by atoms with Gasteiger partial charge in [-0.1, -0.05) is 15.1 Å². The SMILES string of the molecule is O=C([O-])OOO.O=C([O-])OOO.O=C([O-])OOO.[Al+3]. The molecule has 0 saturated carbocycles. The second-order valence-corrected chi connectivity index (χ2v) is 1.22. The Kier molecular flexibility index (Phi) is 29.1. The minimum Gasteiger partial charge on any atom is -0.424 e. The van der Waals surface area contributed by atoms with Crippen LogP contribution in [0, 0.1) is 0 Å². The van der Waals surface area contributed by atoms with Crippen molar-refractivity contribution in [2.24, 2.45) is 0 Å². The van der Waals surface area contributed by atoms with Crippen molar-refractivity contribution in [2.45, 2.75) is 0 Å². The summed E-state index contributed by atoms with van der Waals surface area (Å²) >= 11 is 0. The maximum absolute atomic E-state index is 8.98. The first-order chi connectivity index (χ1) is 8.31. The van der Waals surface area contributed by atoms with Gasteiger partial charge in [0, 0.05) is 0 Å². The second-order valence-electron chi connectivity index (χ2n) is 1.22. The van der Waals surface area contributed by atoms with Crippen molar-refractivity contribution in [1.29, 1.82) is 0 Å². The van der Waals surface area contributed by atoms with Crippen LogP contribution in [0.25, 0.3) is 0 Å². The molecule has 0 aliphatic heterocycles. The standard InChI is InChI=1S/3CH2O5.Al/c3*2-1(3)5-6-4;/h3*4H,(H,2,3);/q;;;+3/p-3. The van der Waals surface area contributed by atoms with E-state index >= 15 is 0 Å². The Labute approximate surface area is 112 Å². The summed E-state index contributed by atoms with van der Waals surface area (Å²) in [6.07, 6.45) is -5.80. The van der Waals surface area contributed by atoms with Crippen LogP contribution in [-0.2, 0) is 29.8 Å². The van der Waals surface area contributed by atoms with E-state index in [1.54, 1.807) is 0 Å². The molecule has 3 N–H and O–H groups in total. The normalized spacial score (nSPS) is 7.11. The Hall–Kier alpha value is -1.90. The monoisotopic (exact) mass is 306 g/mol. The number of hydrogen-bond acceptors (Lipinski definition) is 15. The van der Waals surface area contributed by atoms with Gasteiger partial charge in [-0.05, 0) is 0 Å². The summed E-state index contributed by atoms with van der Waals surface area (Å²) in [5.41, 5.74) is 0. The molecular formula is C3H3AlO15. The largest absolute Gasteiger partial charge is 3.00 e. The molecule has 0 unspecified atom stereocenters. The van der Waals surface area contributed by atoms with E-state index in [4.69, 9.17) is 45.5 Å². The quantitative estimate of drug-likeness (QED) is 0.255. The van der Waals surface area contributed by atoms with E-state index in [1.807, 2.05) is 0 Å². The minimum absolute atomic E-state index is 0. The van der Waals surface area contributed by atoms with Gasteiger partial charge in [-0.25, -0.2) is 15.8 Å². The smallest absolute Gasteiger partial charge is 0.424 e. The Morgan fingerprint density at radius 2 is 0.789 bits per heavy atom. The minimum atomic E-state index is -1.93. The number of hydrogen-bond donors (Lipinski definition) is 3. The maximum Gasteiger partial charge on any atom is 3.00 e. The van der Waals surface area contributed by atoms with Crippen LogP contribution in [0.2, 0.25) is 0 Å². The van der Waals surface area contributed by atoms with Crippen molar-refractivity contribution in [3.63, 3.8) is 0 Å². The Balaban J connectivity index is -0.0000000865. The predicted molar refractivity (Wildman–Crippen MR) is 36.3 cm³/mol. The van der Waals surface area contributed by atoms with Crippen molar-refractivity contribution >= 4 is 35.8 Å². The van der Waals surface area contributed by atoms with Crippen LogP contribution >= 0.6 is 0 Å². The molecule has 0 aromatic carbocycles. The van der Waals surface area contributed by atoms with Crippen molar-refractivity contribution in [3.05, 3.63) is 0 Å². The molecule has 0 aliphatic carbocycles. The first kappa shape index (κ1) is 25.8. The van der Waals surface area contributed by atoms with Gasteiger partial charge in [0.15, 0.2) is 0 Å². The first-order valence-electron chi connectivity index (χ1n) is 2.88. The van der Waals surface area contributed by atoms with Crippen molar-refractivity contribution in [2.75, 3.05) is 0 Å². The van der Waals surface area contributed by atoms with Crippen LogP contribution < -0.4 is 15.3 Å². The summed E-state index contributed by atoms with van der Waals surface area (Å²) in [5, 5.41) is 56.1. The summed E-state index contributed by atoms with van der Waals surface area (Å²) in [6.45, 7) is 0. The van der Waals surface area contributed by atoms with Crippen LogP contribution in [0.15, 0.2) is 0 Å². The van der Waals surface area contributed by atoms with Gasteiger partial charge in [-0.2, -0.15) is 0 Å². The van der Waals surface area contributed by atoms with Gasteiger partial charge in [0.05, 0.1) is 0 Å². The van der Waals surface area contributed by atoms with Gasteiger partial charge in [0.25, 0.3) is 18.5 Å². The zero-order chi connectivity index (χ0) is 15.0. The van der Waals surface area contributed by atoms with Gasteiger partial charge < -0.3 is 44.4 Å². The van der Waals surface area contributed by atoms with E-state index in [0.717, 1.165) is 0 Å². The molecule has 0 aliphatic rings. The topological polar surface area (TPSA) is 236 Å². The van der Waals surface area contributed by atoms with E-state index in [1.165, 1.54) is 0 Å². The Morgan fingerprint density at radius 3 is 0.789 bits per heavy atom. The first-order valence-corrected chi connectivity index (χ1v) is 2.88. The van der Waals surface area contributed by atoms with Crippen LogP contribution in [0.5, 0.6) is 0 Å². The molecule has 0 aromatic rings. The molecule has 15 nitrogen and oxygen atoms in total. The molecule has 0 aromatic heterocycles. The molecule has 19 heavy (non-hydrogen) atoms. The maximum atomic E-state index is 8.98. The van der Waals surface area contributed by atoms with Crippen LogP contribution in [0.3, 0.4) is 0 Å². The predicted octanol–water partition coefficient (Wildman–Crippen LogP) is -4.13. The van der Waals surface area contributed by atoms with E-state index in [2.05, 4.69) is 29.8 Å². The van der Waals surface area contributed by atoms with E-state index in [0.29, 0.717) is 0 Å². The number of carboxylic acid groups (broad SMARTS) is 3. The van der Waals surface area contributed by atoms with Gasteiger partial charge in [-0.15, -0.1) is 0 Å². The summed E-state index contributed by atoms with van der Waals surface area (Å²) in [5.74, 6) is 0. The molecule has 0 bridgehead atoms. The zero-order valence-corrected chi connectivity index (χ0v) is 9.47. The summed E-state index contributed by atoms with van der Waals surface area (Å²) < 4.78 is 0. The van der Waals surface area contributed by atoms with Gasteiger partial charge in [0.2, 0.25) is 0 Å². The fourth-order valence-electron chi connectivity index (χ4n) is 0.0913. The number of rotatable bonds is 3. The average Bonchev–Trinajstić information content (AvgIpc) is 2.18. The second kappa shape index (κ2) is 21.4. The molecule has 108 valence electrons. The summed E-state index contributed by atoms with van der Waals surface area (Å²) in [7, 11) is 0. The third kappa shape index (κ3) is 63.5. The van der Waals surface area contributed by atoms with Gasteiger partial charge in [-0.3, -0.25) is 0 Å². The number of carbonyl (C=O) groups excluding carboxylic acids is 3. The molecule has 16 heteroatoms. The van der Waals surface area contributed by atoms with E-state index < -0.39 is 18.5 Å². The fraction of sp³-hybridized carbons (Fsp3) is 0. The van der Waals surface area contributed by atoms with Crippen LogP contribution in [0.4, 0.5) is 14.4 Å². The average molecular weight is 306 g/mol. The van der Waals surface area contributed by atoms with Crippen molar-refractivity contribution in [3.8, 4) is 0 Å². The Bertz CT molecular complexity index is 187. The third-order valence-electron chi connectivity index (χ3n) is 0.316. The number of carbonyl (C=O) groups is 3. The molecule has 0 rings (SSSR count). The van der Waals surface area contributed by atoms with E-state index in [9.17, 15) is 0 Å². The zero-order valence-electron chi connectivity index (χ0n) is 8.32. The van der Waals surface area contributed by atoms with Crippen molar-refractivity contribution in [1.82, 2.24) is 0 Å². The molecule has 0 saturated heterocycles.